The third kappa shape index (κ3) is 37.3. The largest absolute Gasteiger partial charge is 0.756 e. The number of allylic oxidation sites excluding steroid dienone is 3. The highest BCUT2D eigenvalue weighted by molar-refractivity contribution is 7.45. The fraction of sp³-hybridized carbons (Fsp3) is 0.884. The fourth-order valence-electron chi connectivity index (χ4n) is 6.17. The van der Waals surface area contributed by atoms with E-state index >= 15 is 0 Å². The van der Waals surface area contributed by atoms with E-state index in [0.29, 0.717) is 17.4 Å². The summed E-state index contributed by atoms with van der Waals surface area (Å²) in [4.78, 5) is 24.7. The lowest BCUT2D eigenvalue weighted by Crippen LogP contribution is -2.45. The molecular weight excluding hydrogens is 671 g/mol. The first kappa shape index (κ1) is 51.0. The minimum absolute atomic E-state index is 0.00605. The smallest absolute Gasteiger partial charge is 0.268 e. The van der Waals surface area contributed by atoms with Crippen molar-refractivity contribution in [2.75, 3.05) is 40.9 Å². The van der Waals surface area contributed by atoms with Crippen molar-refractivity contribution in [3.63, 3.8) is 0 Å². The van der Waals surface area contributed by atoms with Crippen LogP contribution in [0.2, 0.25) is 0 Å². The van der Waals surface area contributed by atoms with Gasteiger partial charge in [0.05, 0.1) is 39.9 Å². The minimum atomic E-state index is -4.57. The number of quaternary nitrogens is 1. The second-order valence-corrected chi connectivity index (χ2v) is 17.5. The molecule has 0 fully saturated rings. The fourth-order valence-corrected chi connectivity index (χ4v) is 6.89. The molecule has 0 radical (unpaired) electrons. The van der Waals surface area contributed by atoms with Gasteiger partial charge in [-0.2, -0.15) is 0 Å². The number of aliphatic hydroxyl groups is 1. The monoisotopic (exact) mass is 757 g/mol. The van der Waals surface area contributed by atoms with Gasteiger partial charge in [0.2, 0.25) is 5.91 Å². The Labute approximate surface area is 322 Å². The van der Waals surface area contributed by atoms with E-state index in [1.165, 1.54) is 135 Å². The Morgan fingerprint density at radius 3 is 1.56 bits per heavy atom. The van der Waals surface area contributed by atoms with Gasteiger partial charge in [-0.05, 0) is 32.1 Å². The van der Waals surface area contributed by atoms with Crippen molar-refractivity contribution in [1.82, 2.24) is 5.32 Å². The van der Waals surface area contributed by atoms with Crippen LogP contribution in [-0.4, -0.2) is 68.5 Å². The second-order valence-electron chi connectivity index (χ2n) is 16.0. The number of hydrogen-bond acceptors (Lipinski definition) is 6. The number of aliphatic hydroxyl groups excluding tert-OH is 1. The Hall–Kier alpha value is -1.02. The van der Waals surface area contributed by atoms with Crippen LogP contribution >= 0.6 is 7.82 Å². The molecule has 0 aromatic rings. The van der Waals surface area contributed by atoms with Gasteiger partial charge in [-0.3, -0.25) is 9.36 Å². The van der Waals surface area contributed by atoms with Gasteiger partial charge < -0.3 is 28.8 Å². The lowest BCUT2D eigenvalue weighted by molar-refractivity contribution is -0.870. The Kier molecular flexibility index (Phi) is 35.0. The lowest BCUT2D eigenvalue weighted by atomic mass is 10.0. The quantitative estimate of drug-likeness (QED) is 0.0280. The molecule has 308 valence electrons. The number of carbonyl (C=O) groups excluding carboxylic acids is 1. The SMILES string of the molecule is CCCCCCCCCCCCCCCCCCCCCCC/C=C/CC/C=C/C(O)C(COP(=O)([O-])OCC[N+](C)(C)C)NC(=O)CCCCC. The van der Waals surface area contributed by atoms with Gasteiger partial charge in [0.25, 0.3) is 7.82 Å². The minimum Gasteiger partial charge on any atom is -0.756 e. The molecule has 3 atom stereocenters. The van der Waals surface area contributed by atoms with Gasteiger partial charge >= 0.3 is 0 Å². The van der Waals surface area contributed by atoms with Gasteiger partial charge in [-0.15, -0.1) is 0 Å². The number of rotatable bonds is 39. The number of phosphoric acid groups is 1. The van der Waals surface area contributed by atoms with E-state index in [9.17, 15) is 19.4 Å². The molecule has 0 heterocycles. The Morgan fingerprint density at radius 2 is 1.08 bits per heavy atom. The molecule has 52 heavy (non-hydrogen) atoms. The van der Waals surface area contributed by atoms with E-state index in [1.807, 2.05) is 27.2 Å². The van der Waals surface area contributed by atoms with E-state index in [4.69, 9.17) is 9.05 Å². The summed E-state index contributed by atoms with van der Waals surface area (Å²) in [6, 6.07) is -0.894. The van der Waals surface area contributed by atoms with E-state index in [1.54, 1.807) is 6.08 Å². The van der Waals surface area contributed by atoms with Gasteiger partial charge in [0.15, 0.2) is 0 Å². The van der Waals surface area contributed by atoms with Crippen molar-refractivity contribution in [2.45, 2.75) is 206 Å². The molecular formula is C43H85N2O6P. The van der Waals surface area contributed by atoms with Gasteiger partial charge in [-0.1, -0.05) is 179 Å². The summed E-state index contributed by atoms with van der Waals surface area (Å²) in [7, 11) is 1.24. The number of nitrogens with one attached hydrogen (secondary N) is 1. The van der Waals surface area contributed by atoms with Crippen molar-refractivity contribution in [1.29, 1.82) is 0 Å². The van der Waals surface area contributed by atoms with Crippen molar-refractivity contribution in [3.05, 3.63) is 24.3 Å². The molecule has 3 unspecified atom stereocenters. The predicted octanol–water partition coefficient (Wildman–Crippen LogP) is 11.1. The molecule has 0 spiro atoms. The van der Waals surface area contributed by atoms with Crippen LogP contribution in [0.15, 0.2) is 24.3 Å². The standard InChI is InChI=1S/C43H85N2O6P/c1-6-8-10-11-12-13-14-15-16-17-18-19-20-21-22-23-24-25-26-27-28-29-30-31-32-33-35-36-42(46)41(44-43(47)37-34-9-7-2)40-51-52(48,49)50-39-38-45(3,4)5/h30-31,35-36,41-42,46H,6-29,32-34,37-40H2,1-5H3,(H-,44,47,48,49)/b31-30+,36-35+. The zero-order chi connectivity index (χ0) is 38.6. The van der Waals surface area contributed by atoms with Gasteiger partial charge in [-0.25, -0.2) is 0 Å². The number of phosphoric ester groups is 1. The maximum Gasteiger partial charge on any atom is 0.268 e. The topological polar surface area (TPSA) is 108 Å². The van der Waals surface area contributed by atoms with Crippen LogP contribution in [0.4, 0.5) is 0 Å². The van der Waals surface area contributed by atoms with E-state index < -0.39 is 26.6 Å². The molecule has 0 aliphatic carbocycles. The molecule has 0 saturated carbocycles. The van der Waals surface area contributed by atoms with Gasteiger partial charge in [0.1, 0.15) is 13.2 Å². The summed E-state index contributed by atoms with van der Waals surface area (Å²) in [5.74, 6) is -0.232. The number of hydrogen-bond donors (Lipinski definition) is 2. The van der Waals surface area contributed by atoms with Crippen LogP contribution < -0.4 is 10.2 Å². The third-order valence-electron chi connectivity index (χ3n) is 9.66. The summed E-state index contributed by atoms with van der Waals surface area (Å²) >= 11 is 0. The lowest BCUT2D eigenvalue weighted by Gasteiger charge is -2.29. The van der Waals surface area contributed by atoms with Crippen molar-refractivity contribution < 1.29 is 32.9 Å². The summed E-state index contributed by atoms with van der Waals surface area (Å²) in [5.41, 5.74) is 0. The molecule has 0 aromatic carbocycles. The third-order valence-corrected chi connectivity index (χ3v) is 10.6. The summed E-state index contributed by atoms with van der Waals surface area (Å²) in [6.45, 7) is 4.44. The first-order chi connectivity index (χ1) is 25.0. The van der Waals surface area contributed by atoms with Crippen molar-refractivity contribution in [2.24, 2.45) is 0 Å². The molecule has 2 N–H and O–H groups in total. The highest BCUT2D eigenvalue weighted by Crippen LogP contribution is 2.38. The van der Waals surface area contributed by atoms with Crippen LogP contribution in [0, 0.1) is 0 Å². The molecule has 0 bridgehead atoms. The summed E-state index contributed by atoms with van der Waals surface area (Å²) < 4.78 is 22.9. The Morgan fingerprint density at radius 1 is 0.654 bits per heavy atom. The zero-order valence-electron chi connectivity index (χ0n) is 34.8. The first-order valence-corrected chi connectivity index (χ1v) is 23.2. The molecule has 0 saturated heterocycles. The molecule has 0 rings (SSSR count). The summed E-state index contributed by atoms with van der Waals surface area (Å²) in [5, 5.41) is 13.5. The van der Waals surface area contributed by atoms with Crippen molar-refractivity contribution in [3.8, 4) is 0 Å². The van der Waals surface area contributed by atoms with Gasteiger partial charge in [0, 0.05) is 6.42 Å². The Bertz CT molecular complexity index is 907. The molecule has 9 heteroatoms. The van der Waals surface area contributed by atoms with Crippen LogP contribution in [0.25, 0.3) is 0 Å². The molecule has 0 aromatic heterocycles. The zero-order valence-corrected chi connectivity index (χ0v) is 35.7. The maximum absolute atomic E-state index is 12.4. The number of amides is 1. The van der Waals surface area contributed by atoms with E-state index in [-0.39, 0.29) is 12.5 Å². The average molecular weight is 757 g/mol. The highest BCUT2D eigenvalue weighted by atomic mass is 31.2. The molecule has 1 amide bonds. The number of unbranched alkanes of at least 4 members (excludes halogenated alkanes) is 24. The molecule has 0 aliphatic heterocycles. The van der Waals surface area contributed by atoms with Crippen LogP contribution in [0.3, 0.4) is 0 Å². The number of nitrogens with zero attached hydrogens (tertiary/aromatic N) is 1. The second kappa shape index (κ2) is 35.7. The predicted molar refractivity (Wildman–Crippen MR) is 219 cm³/mol. The molecule has 0 aliphatic rings. The summed E-state index contributed by atoms with van der Waals surface area (Å²) in [6.07, 6.45) is 41.9. The number of likely N-dealkylation sites (N-methyl/N-ethyl adjacent to an activating group) is 1. The Balaban J connectivity index is 3.98. The van der Waals surface area contributed by atoms with E-state index in [2.05, 4.69) is 31.3 Å². The normalized spacial score (nSPS) is 14.7. The maximum atomic E-state index is 12.4. The number of carbonyl (C=O) groups is 1. The highest BCUT2D eigenvalue weighted by Gasteiger charge is 2.23. The average Bonchev–Trinajstić information content (AvgIpc) is 3.09. The first-order valence-electron chi connectivity index (χ1n) is 21.7. The van der Waals surface area contributed by atoms with E-state index in [0.717, 1.165) is 38.5 Å². The van der Waals surface area contributed by atoms with Crippen LogP contribution in [0.5, 0.6) is 0 Å². The van der Waals surface area contributed by atoms with Crippen LogP contribution in [-0.2, 0) is 18.4 Å². The van der Waals surface area contributed by atoms with Crippen molar-refractivity contribution >= 4 is 13.7 Å². The molecule has 8 nitrogen and oxygen atoms in total. The van der Waals surface area contributed by atoms with Crippen LogP contribution in [0.1, 0.15) is 194 Å².